The molecule has 5 fully saturated rings. The molecule has 0 aromatic rings. The molecule has 1 saturated heterocycles. The molecular weight excluding hydrogens is 584 g/mol. The van der Waals surface area contributed by atoms with E-state index in [1.165, 1.54) is 13.3 Å². The Morgan fingerprint density at radius 3 is 2.30 bits per heavy atom. The molecule has 0 aromatic carbocycles. The second kappa shape index (κ2) is 12.7. The highest BCUT2D eigenvalue weighted by molar-refractivity contribution is 5.81. The van der Waals surface area contributed by atoms with E-state index in [2.05, 4.69) is 20.8 Å². The fourth-order valence-electron chi connectivity index (χ4n) is 10.7. The summed E-state index contributed by atoms with van der Waals surface area (Å²) in [6, 6.07) is 0. The van der Waals surface area contributed by atoms with E-state index in [1.807, 2.05) is 34.6 Å². The second-order valence-corrected chi connectivity index (χ2v) is 17.6. The van der Waals surface area contributed by atoms with Crippen molar-refractivity contribution >= 4 is 23.9 Å². The van der Waals surface area contributed by atoms with Crippen molar-refractivity contribution in [3.8, 4) is 0 Å². The van der Waals surface area contributed by atoms with E-state index in [1.54, 1.807) is 0 Å². The van der Waals surface area contributed by atoms with Crippen molar-refractivity contribution in [2.24, 2.45) is 57.2 Å². The predicted molar refractivity (Wildman–Crippen MR) is 173 cm³/mol. The second-order valence-electron chi connectivity index (χ2n) is 17.6. The molecule has 1 heterocycles. The Hall–Kier alpha value is -2.12. The van der Waals surface area contributed by atoms with Crippen LogP contribution in [-0.4, -0.2) is 48.8 Å². The third-order valence-electron chi connectivity index (χ3n) is 14.0. The van der Waals surface area contributed by atoms with Crippen LogP contribution in [0.3, 0.4) is 0 Å². The summed E-state index contributed by atoms with van der Waals surface area (Å²) in [5.41, 5.74) is -1.00. The van der Waals surface area contributed by atoms with Gasteiger partial charge in [0, 0.05) is 24.2 Å². The zero-order valence-electron chi connectivity index (χ0n) is 29.9. The van der Waals surface area contributed by atoms with Gasteiger partial charge in [0.15, 0.2) is 0 Å². The van der Waals surface area contributed by atoms with Gasteiger partial charge in [-0.2, -0.15) is 0 Å². The topological polar surface area (TPSA) is 105 Å². The summed E-state index contributed by atoms with van der Waals surface area (Å²) >= 11 is 0. The van der Waals surface area contributed by atoms with Gasteiger partial charge in [-0.3, -0.25) is 14.4 Å². The van der Waals surface area contributed by atoms with E-state index in [0.29, 0.717) is 36.0 Å². The molecule has 4 saturated carbocycles. The van der Waals surface area contributed by atoms with Gasteiger partial charge < -0.3 is 18.9 Å². The Balaban J connectivity index is 1.28. The van der Waals surface area contributed by atoms with Crippen molar-refractivity contribution in [3.05, 3.63) is 0 Å². The molecule has 0 radical (unpaired) electrons. The smallest absolute Gasteiger partial charge is 0.348 e. The van der Waals surface area contributed by atoms with E-state index < -0.39 is 22.9 Å². The number of esters is 4. The minimum Gasteiger partial charge on any atom is -0.462 e. The minimum absolute atomic E-state index is 0.0140. The van der Waals surface area contributed by atoms with Gasteiger partial charge >= 0.3 is 23.9 Å². The molecule has 8 nitrogen and oxygen atoms in total. The summed E-state index contributed by atoms with van der Waals surface area (Å²) in [5.74, 6) is 1.46. The zero-order chi connectivity index (χ0) is 33.8. The van der Waals surface area contributed by atoms with Crippen molar-refractivity contribution < 1.29 is 38.1 Å². The van der Waals surface area contributed by atoms with E-state index >= 15 is 0 Å². The maximum Gasteiger partial charge on any atom is 0.348 e. The summed E-state index contributed by atoms with van der Waals surface area (Å²) in [6.45, 7) is 18.6. The van der Waals surface area contributed by atoms with Crippen LogP contribution >= 0.6 is 0 Å². The lowest BCUT2D eigenvalue weighted by molar-refractivity contribution is -0.199. The normalized spacial score (nSPS) is 40.5. The molecule has 1 aliphatic heterocycles. The van der Waals surface area contributed by atoms with Gasteiger partial charge in [0.05, 0.1) is 5.41 Å². The number of ether oxygens (including phenoxy) is 4. The maximum atomic E-state index is 12.9. The van der Waals surface area contributed by atoms with Gasteiger partial charge in [0.2, 0.25) is 6.10 Å². The molecule has 11 unspecified atom stereocenters. The van der Waals surface area contributed by atoms with Crippen LogP contribution in [0.2, 0.25) is 0 Å². The molecule has 11 atom stereocenters. The summed E-state index contributed by atoms with van der Waals surface area (Å²) in [5, 5.41) is 0. The van der Waals surface area contributed by atoms with Crippen LogP contribution in [0.15, 0.2) is 0 Å². The summed E-state index contributed by atoms with van der Waals surface area (Å²) in [4.78, 5) is 50.6. The number of carbonyl (C=O) groups excluding carboxylic acids is 4. The summed E-state index contributed by atoms with van der Waals surface area (Å²) < 4.78 is 23.2. The Bertz CT molecular complexity index is 1190. The first-order valence-electron chi connectivity index (χ1n) is 18.2. The van der Waals surface area contributed by atoms with Gasteiger partial charge in [-0.1, -0.05) is 41.5 Å². The fourth-order valence-corrected chi connectivity index (χ4v) is 10.7. The Morgan fingerprint density at radius 1 is 0.957 bits per heavy atom. The molecule has 5 rings (SSSR count). The SMILES string of the molecule is CCC(C)(C)C(=O)OC1CCC2(C)C(CCC3C2CC(OC(C)=O)C2(C)C(C(C)CCC(=O)OC4C(=O)OCC4(C)C)CCC32)C1. The lowest BCUT2D eigenvalue weighted by Gasteiger charge is -2.62. The molecule has 4 aliphatic carbocycles. The fraction of sp³-hybridized carbons (Fsp3) is 0.895. The van der Waals surface area contributed by atoms with Crippen LogP contribution in [0.4, 0.5) is 0 Å². The van der Waals surface area contributed by atoms with E-state index in [-0.39, 0.29) is 59.9 Å². The van der Waals surface area contributed by atoms with Gasteiger partial charge in [-0.15, -0.1) is 0 Å². The van der Waals surface area contributed by atoms with Crippen molar-refractivity contribution in [2.45, 2.75) is 151 Å². The Morgan fingerprint density at radius 2 is 1.67 bits per heavy atom. The molecular formula is C38H60O8. The average Bonchev–Trinajstić information content (AvgIpc) is 3.48. The van der Waals surface area contributed by atoms with Crippen LogP contribution in [0.5, 0.6) is 0 Å². The zero-order valence-corrected chi connectivity index (χ0v) is 29.9. The quantitative estimate of drug-likeness (QED) is 0.188. The summed E-state index contributed by atoms with van der Waals surface area (Å²) in [6.07, 6.45) is 8.89. The van der Waals surface area contributed by atoms with E-state index in [0.717, 1.165) is 51.4 Å². The third kappa shape index (κ3) is 6.24. The highest BCUT2D eigenvalue weighted by Gasteiger charge is 2.65. The van der Waals surface area contributed by atoms with E-state index in [4.69, 9.17) is 18.9 Å². The van der Waals surface area contributed by atoms with Crippen LogP contribution in [-0.2, 0) is 38.1 Å². The van der Waals surface area contributed by atoms with Gasteiger partial charge in [-0.05, 0) is 119 Å². The lowest BCUT2D eigenvalue weighted by atomic mass is 9.43. The molecule has 0 aromatic heterocycles. The third-order valence-corrected chi connectivity index (χ3v) is 14.0. The molecule has 8 heteroatoms. The number of fused-ring (bicyclic) bond motifs is 5. The Labute approximate surface area is 276 Å². The average molecular weight is 645 g/mol. The maximum absolute atomic E-state index is 12.9. The molecule has 0 spiro atoms. The largest absolute Gasteiger partial charge is 0.462 e. The van der Waals surface area contributed by atoms with Crippen LogP contribution in [0, 0.1) is 57.2 Å². The van der Waals surface area contributed by atoms with Crippen LogP contribution < -0.4 is 0 Å². The number of rotatable bonds is 9. The first-order chi connectivity index (χ1) is 21.4. The molecule has 0 N–H and O–H groups in total. The molecule has 46 heavy (non-hydrogen) atoms. The molecule has 0 amide bonds. The van der Waals surface area contributed by atoms with Crippen molar-refractivity contribution in [1.29, 1.82) is 0 Å². The first kappa shape index (κ1) is 35.2. The molecule has 0 bridgehead atoms. The first-order valence-corrected chi connectivity index (χ1v) is 18.2. The van der Waals surface area contributed by atoms with Gasteiger partial charge in [-0.25, -0.2) is 4.79 Å². The molecule has 5 aliphatic rings. The Kier molecular flexibility index (Phi) is 9.74. The number of cyclic esters (lactones) is 1. The van der Waals surface area contributed by atoms with Crippen molar-refractivity contribution in [3.63, 3.8) is 0 Å². The number of hydrogen-bond acceptors (Lipinski definition) is 8. The number of carbonyl (C=O) groups is 4. The van der Waals surface area contributed by atoms with Crippen molar-refractivity contribution in [1.82, 2.24) is 0 Å². The standard InChI is InChI=1S/C38H60O8/c1-10-35(4,5)34(42)45-25-17-18-37(8)24(19-25)12-13-26-28-15-14-27(38(28,9)30(20-29(26)37)44-23(3)39)22(2)11-16-31(40)46-32-33(41)43-21-36(32,6)7/h22,24-30,32H,10-21H2,1-9H3. The molecule has 260 valence electrons. The van der Waals surface area contributed by atoms with Crippen LogP contribution in [0.25, 0.3) is 0 Å². The van der Waals surface area contributed by atoms with E-state index in [9.17, 15) is 19.2 Å². The van der Waals surface area contributed by atoms with Gasteiger partial charge in [0.25, 0.3) is 0 Å². The van der Waals surface area contributed by atoms with Gasteiger partial charge in [0.1, 0.15) is 18.8 Å². The van der Waals surface area contributed by atoms with Crippen molar-refractivity contribution in [2.75, 3.05) is 6.61 Å². The highest BCUT2D eigenvalue weighted by atomic mass is 16.6. The summed E-state index contributed by atoms with van der Waals surface area (Å²) in [7, 11) is 0. The highest BCUT2D eigenvalue weighted by Crippen LogP contribution is 2.69. The van der Waals surface area contributed by atoms with Crippen LogP contribution in [0.1, 0.15) is 133 Å². The lowest BCUT2D eigenvalue weighted by Crippen LogP contribution is -2.59. The predicted octanol–water partition coefficient (Wildman–Crippen LogP) is 7.45. The monoisotopic (exact) mass is 644 g/mol. The number of hydrogen-bond donors (Lipinski definition) is 0. The minimum atomic E-state index is -0.853.